The van der Waals surface area contributed by atoms with Crippen LogP contribution in [-0.4, -0.2) is 52.2 Å². The Bertz CT molecular complexity index is 759. The maximum atomic E-state index is 12.0. The van der Waals surface area contributed by atoms with Gasteiger partial charge in [0.2, 0.25) is 5.91 Å². The molecule has 1 unspecified atom stereocenters. The SMILES string of the molecule is COc1ccc(CC(C)NC(=O)Cn2cc(C(=O)O)nn2)cc1OC. The summed E-state index contributed by atoms with van der Waals surface area (Å²) in [5.74, 6) is -0.200. The first-order valence-corrected chi connectivity index (χ1v) is 7.56. The molecule has 2 N–H and O–H groups in total. The van der Waals surface area contributed by atoms with Gasteiger partial charge in [-0.15, -0.1) is 5.10 Å². The van der Waals surface area contributed by atoms with Gasteiger partial charge in [-0.05, 0) is 31.0 Å². The quantitative estimate of drug-likeness (QED) is 0.723. The van der Waals surface area contributed by atoms with E-state index in [0.29, 0.717) is 17.9 Å². The van der Waals surface area contributed by atoms with E-state index in [1.54, 1.807) is 14.2 Å². The van der Waals surface area contributed by atoms with Crippen molar-refractivity contribution in [2.45, 2.75) is 25.9 Å². The van der Waals surface area contributed by atoms with Crippen LogP contribution in [-0.2, 0) is 17.8 Å². The van der Waals surface area contributed by atoms with Crippen LogP contribution in [0.5, 0.6) is 11.5 Å². The molecule has 1 aromatic carbocycles. The number of ether oxygens (including phenoxy) is 2. The van der Waals surface area contributed by atoms with E-state index in [9.17, 15) is 9.59 Å². The number of benzene rings is 1. The van der Waals surface area contributed by atoms with Crippen molar-refractivity contribution in [1.29, 1.82) is 0 Å². The highest BCUT2D eigenvalue weighted by Gasteiger charge is 2.13. The summed E-state index contributed by atoms with van der Waals surface area (Å²) in [7, 11) is 3.14. The normalized spacial score (nSPS) is 11.6. The standard InChI is InChI=1S/C16H20N4O5/c1-10(6-11-4-5-13(24-2)14(7-11)25-3)17-15(21)9-20-8-12(16(22)23)18-19-20/h4-5,7-8,10H,6,9H2,1-3H3,(H,17,21)(H,22,23). The van der Waals surface area contributed by atoms with Crippen LogP contribution in [0.1, 0.15) is 23.0 Å². The highest BCUT2D eigenvalue weighted by molar-refractivity contribution is 5.84. The molecule has 1 heterocycles. The van der Waals surface area contributed by atoms with Crippen LogP contribution in [0.25, 0.3) is 0 Å². The van der Waals surface area contributed by atoms with Crippen molar-refractivity contribution in [2.24, 2.45) is 0 Å². The van der Waals surface area contributed by atoms with E-state index in [0.717, 1.165) is 5.56 Å². The van der Waals surface area contributed by atoms with Gasteiger partial charge in [-0.3, -0.25) is 4.79 Å². The van der Waals surface area contributed by atoms with Gasteiger partial charge in [0, 0.05) is 6.04 Å². The molecule has 0 aliphatic rings. The maximum Gasteiger partial charge on any atom is 0.358 e. The van der Waals surface area contributed by atoms with Gasteiger partial charge in [0.05, 0.1) is 20.4 Å². The highest BCUT2D eigenvalue weighted by Crippen LogP contribution is 2.27. The minimum absolute atomic E-state index is 0.101. The minimum atomic E-state index is -1.19. The van der Waals surface area contributed by atoms with E-state index >= 15 is 0 Å². The molecule has 0 aliphatic carbocycles. The van der Waals surface area contributed by atoms with Crippen molar-refractivity contribution in [1.82, 2.24) is 20.3 Å². The van der Waals surface area contributed by atoms with E-state index in [2.05, 4.69) is 15.6 Å². The third-order valence-electron chi connectivity index (χ3n) is 3.46. The first-order valence-electron chi connectivity index (χ1n) is 7.56. The monoisotopic (exact) mass is 348 g/mol. The Kier molecular flexibility index (Phi) is 5.93. The molecule has 1 aromatic heterocycles. The Morgan fingerprint density at radius 3 is 2.60 bits per heavy atom. The molecular weight excluding hydrogens is 328 g/mol. The summed E-state index contributed by atoms with van der Waals surface area (Å²) in [6, 6.07) is 5.44. The number of amides is 1. The molecule has 0 bridgehead atoms. The molecule has 0 spiro atoms. The number of hydrogen-bond donors (Lipinski definition) is 2. The molecule has 1 amide bonds. The average molecular weight is 348 g/mol. The number of aromatic carboxylic acids is 1. The lowest BCUT2D eigenvalue weighted by molar-refractivity contribution is -0.122. The van der Waals surface area contributed by atoms with Crippen LogP contribution >= 0.6 is 0 Å². The summed E-state index contributed by atoms with van der Waals surface area (Å²) >= 11 is 0. The molecular formula is C16H20N4O5. The van der Waals surface area contributed by atoms with E-state index in [1.807, 2.05) is 25.1 Å². The van der Waals surface area contributed by atoms with Crippen molar-refractivity contribution >= 4 is 11.9 Å². The Labute approximate surface area is 144 Å². The molecule has 0 aliphatic heterocycles. The third kappa shape index (κ3) is 4.93. The topological polar surface area (TPSA) is 116 Å². The van der Waals surface area contributed by atoms with Crippen LogP contribution < -0.4 is 14.8 Å². The molecule has 1 atom stereocenters. The number of aromatic nitrogens is 3. The first-order chi connectivity index (χ1) is 11.9. The largest absolute Gasteiger partial charge is 0.493 e. The van der Waals surface area contributed by atoms with Crippen LogP contribution in [0.2, 0.25) is 0 Å². The van der Waals surface area contributed by atoms with Crippen LogP contribution in [0.3, 0.4) is 0 Å². The second-order valence-corrected chi connectivity index (χ2v) is 5.47. The number of nitrogens with zero attached hydrogens (tertiary/aromatic N) is 3. The Hall–Kier alpha value is -3.10. The second-order valence-electron chi connectivity index (χ2n) is 5.47. The molecule has 2 rings (SSSR count). The molecule has 0 radical (unpaired) electrons. The number of carbonyl (C=O) groups excluding carboxylic acids is 1. The summed E-state index contributed by atoms with van der Waals surface area (Å²) in [5, 5.41) is 18.7. The van der Waals surface area contributed by atoms with E-state index in [-0.39, 0.29) is 24.2 Å². The molecule has 2 aromatic rings. The Morgan fingerprint density at radius 2 is 2.00 bits per heavy atom. The lowest BCUT2D eigenvalue weighted by Gasteiger charge is -2.15. The molecule has 134 valence electrons. The van der Waals surface area contributed by atoms with Gasteiger partial charge in [0.1, 0.15) is 6.54 Å². The van der Waals surface area contributed by atoms with Crippen molar-refractivity contribution in [3.8, 4) is 11.5 Å². The van der Waals surface area contributed by atoms with Crippen LogP contribution in [0.4, 0.5) is 0 Å². The number of carbonyl (C=O) groups is 2. The molecule has 25 heavy (non-hydrogen) atoms. The van der Waals surface area contributed by atoms with E-state index in [4.69, 9.17) is 14.6 Å². The van der Waals surface area contributed by atoms with E-state index < -0.39 is 5.97 Å². The smallest absolute Gasteiger partial charge is 0.358 e. The fourth-order valence-corrected chi connectivity index (χ4v) is 2.35. The van der Waals surface area contributed by atoms with Crippen LogP contribution in [0.15, 0.2) is 24.4 Å². The van der Waals surface area contributed by atoms with Gasteiger partial charge < -0.3 is 19.9 Å². The predicted molar refractivity (Wildman–Crippen MR) is 87.8 cm³/mol. The summed E-state index contributed by atoms with van der Waals surface area (Å²) in [6.45, 7) is 1.77. The molecule has 9 heteroatoms. The third-order valence-corrected chi connectivity index (χ3v) is 3.46. The fourth-order valence-electron chi connectivity index (χ4n) is 2.35. The summed E-state index contributed by atoms with van der Waals surface area (Å²) in [5.41, 5.74) is 0.783. The molecule has 0 saturated heterocycles. The summed E-state index contributed by atoms with van der Waals surface area (Å²) in [6.07, 6.45) is 1.81. The van der Waals surface area contributed by atoms with Gasteiger partial charge in [-0.1, -0.05) is 11.3 Å². The van der Waals surface area contributed by atoms with Crippen molar-refractivity contribution in [3.05, 3.63) is 35.7 Å². The molecule has 0 fully saturated rings. The second kappa shape index (κ2) is 8.13. The number of methoxy groups -OCH3 is 2. The van der Waals surface area contributed by atoms with Gasteiger partial charge in [0.15, 0.2) is 17.2 Å². The Balaban J connectivity index is 1.91. The molecule has 9 nitrogen and oxygen atoms in total. The molecule has 0 saturated carbocycles. The first kappa shape index (κ1) is 18.2. The lowest BCUT2D eigenvalue weighted by Crippen LogP contribution is -2.36. The van der Waals surface area contributed by atoms with Crippen LogP contribution in [0, 0.1) is 0 Å². The number of carboxylic acids is 1. The number of rotatable bonds is 8. The number of nitrogens with one attached hydrogen (secondary N) is 1. The Morgan fingerprint density at radius 1 is 1.28 bits per heavy atom. The number of carboxylic acid groups (broad SMARTS) is 1. The zero-order valence-electron chi connectivity index (χ0n) is 14.2. The lowest BCUT2D eigenvalue weighted by atomic mass is 10.1. The number of hydrogen-bond acceptors (Lipinski definition) is 6. The fraction of sp³-hybridized carbons (Fsp3) is 0.375. The van der Waals surface area contributed by atoms with Gasteiger partial charge >= 0.3 is 5.97 Å². The van der Waals surface area contributed by atoms with Crippen molar-refractivity contribution in [2.75, 3.05) is 14.2 Å². The maximum absolute atomic E-state index is 12.0. The zero-order valence-corrected chi connectivity index (χ0v) is 14.2. The van der Waals surface area contributed by atoms with Crippen molar-refractivity contribution < 1.29 is 24.2 Å². The summed E-state index contributed by atoms with van der Waals surface area (Å²) < 4.78 is 11.6. The van der Waals surface area contributed by atoms with Gasteiger partial charge in [0.25, 0.3) is 0 Å². The average Bonchev–Trinajstić information content (AvgIpc) is 3.03. The predicted octanol–water partition coefficient (Wildman–Crippen LogP) is 0.741. The zero-order chi connectivity index (χ0) is 18.4. The van der Waals surface area contributed by atoms with Gasteiger partial charge in [-0.2, -0.15) is 0 Å². The van der Waals surface area contributed by atoms with Crippen molar-refractivity contribution in [3.63, 3.8) is 0 Å². The minimum Gasteiger partial charge on any atom is -0.493 e. The summed E-state index contributed by atoms with van der Waals surface area (Å²) in [4.78, 5) is 22.8. The van der Waals surface area contributed by atoms with Gasteiger partial charge in [-0.25, -0.2) is 9.48 Å². The highest BCUT2D eigenvalue weighted by atomic mass is 16.5. The van der Waals surface area contributed by atoms with E-state index in [1.165, 1.54) is 10.9 Å².